The molecule has 0 saturated carbocycles. The zero-order valence-electron chi connectivity index (χ0n) is 9.40. The minimum atomic E-state index is -0.948. The van der Waals surface area contributed by atoms with Crippen LogP contribution in [0.15, 0.2) is 16.9 Å². The Bertz CT molecular complexity index is 507. The van der Waals surface area contributed by atoms with Crippen LogP contribution < -0.4 is 22.3 Å². The van der Waals surface area contributed by atoms with E-state index in [4.69, 9.17) is 11.5 Å². The number of amides is 3. The highest BCUT2D eigenvalue weighted by atomic mass is 16.2. The van der Waals surface area contributed by atoms with E-state index in [1.165, 1.54) is 4.57 Å². The molecule has 0 saturated heterocycles. The first-order valence-corrected chi connectivity index (χ1v) is 4.94. The predicted octanol–water partition coefficient (Wildman–Crippen LogP) is -1.19. The summed E-state index contributed by atoms with van der Waals surface area (Å²) < 4.78 is 1.24. The highest BCUT2D eigenvalue weighted by molar-refractivity contribution is 5.93. The maximum absolute atomic E-state index is 11.8. The van der Waals surface area contributed by atoms with Crippen molar-refractivity contribution in [1.29, 1.82) is 0 Å². The van der Waals surface area contributed by atoms with Gasteiger partial charge in [0.2, 0.25) is 5.91 Å². The van der Waals surface area contributed by atoms with Gasteiger partial charge in [0.15, 0.2) is 0 Å². The van der Waals surface area contributed by atoms with Gasteiger partial charge in [-0.3, -0.25) is 14.9 Å². The first-order valence-electron chi connectivity index (χ1n) is 4.94. The lowest BCUT2D eigenvalue weighted by atomic mass is 10.2. The van der Waals surface area contributed by atoms with E-state index in [0.29, 0.717) is 11.3 Å². The van der Waals surface area contributed by atoms with Crippen molar-refractivity contribution in [3.8, 4) is 0 Å². The smallest absolute Gasteiger partial charge is 0.318 e. The molecule has 0 atom stereocenters. The lowest BCUT2D eigenvalue weighted by Gasteiger charge is -2.10. The van der Waals surface area contributed by atoms with Crippen LogP contribution >= 0.6 is 0 Å². The van der Waals surface area contributed by atoms with Crippen molar-refractivity contribution in [3.05, 3.63) is 33.7 Å². The molecule has 0 unspecified atom stereocenters. The summed E-state index contributed by atoms with van der Waals surface area (Å²) in [6, 6.07) is 2.34. The van der Waals surface area contributed by atoms with Crippen molar-refractivity contribution in [2.75, 3.05) is 0 Å². The minimum Gasteiger partial charge on any atom is -0.351 e. The quantitative estimate of drug-likeness (QED) is 0.613. The molecule has 17 heavy (non-hydrogen) atoms. The van der Waals surface area contributed by atoms with Crippen molar-refractivity contribution in [3.63, 3.8) is 0 Å². The van der Waals surface area contributed by atoms with Crippen LogP contribution in [-0.4, -0.2) is 16.5 Å². The number of pyridine rings is 1. The maximum atomic E-state index is 11.8. The van der Waals surface area contributed by atoms with Crippen LogP contribution in [0.4, 0.5) is 4.79 Å². The van der Waals surface area contributed by atoms with Crippen molar-refractivity contribution in [2.45, 2.75) is 20.0 Å². The van der Waals surface area contributed by atoms with E-state index in [1.807, 2.05) is 5.32 Å². The van der Waals surface area contributed by atoms with Crippen LogP contribution in [0.5, 0.6) is 0 Å². The second kappa shape index (κ2) is 5.26. The largest absolute Gasteiger partial charge is 0.351 e. The summed E-state index contributed by atoms with van der Waals surface area (Å²) in [5.74, 6) is -0.642. The molecule has 1 aromatic rings. The average Bonchev–Trinajstić information content (AvgIpc) is 2.23. The number of hydrogen-bond donors (Lipinski definition) is 3. The number of aryl methyl sites for hydroxylation is 1. The molecule has 0 aromatic carbocycles. The topological polar surface area (TPSA) is 120 Å². The van der Waals surface area contributed by atoms with E-state index >= 15 is 0 Å². The highest BCUT2D eigenvalue weighted by Crippen LogP contribution is 1.97. The number of carbonyl (C=O) groups is 2. The van der Waals surface area contributed by atoms with E-state index in [1.54, 1.807) is 19.1 Å². The average molecular weight is 238 g/mol. The van der Waals surface area contributed by atoms with Gasteiger partial charge in [-0.15, -0.1) is 0 Å². The van der Waals surface area contributed by atoms with Gasteiger partial charge in [0.25, 0.3) is 5.56 Å². The fourth-order valence-electron chi connectivity index (χ4n) is 1.39. The van der Waals surface area contributed by atoms with Crippen LogP contribution in [0.1, 0.15) is 11.3 Å². The number of carbonyl (C=O) groups excluding carboxylic acids is 2. The molecule has 1 rings (SSSR count). The molecule has 0 aliphatic carbocycles. The molecular weight excluding hydrogens is 224 g/mol. The fraction of sp³-hybridized carbons (Fsp3) is 0.300. The molecule has 0 fully saturated rings. The van der Waals surface area contributed by atoms with Crippen LogP contribution in [-0.2, 0) is 17.9 Å². The van der Waals surface area contributed by atoms with E-state index < -0.39 is 11.9 Å². The Morgan fingerprint density at radius 1 is 1.41 bits per heavy atom. The third kappa shape index (κ3) is 3.15. The number of imide groups is 1. The van der Waals surface area contributed by atoms with Crippen LogP contribution in [0.25, 0.3) is 0 Å². The summed E-state index contributed by atoms with van der Waals surface area (Å²) in [4.78, 5) is 33.6. The van der Waals surface area contributed by atoms with E-state index in [-0.39, 0.29) is 18.6 Å². The summed E-state index contributed by atoms with van der Waals surface area (Å²) in [6.07, 6.45) is 0. The Labute approximate surface area is 97.4 Å². The van der Waals surface area contributed by atoms with Crippen LogP contribution in [0.2, 0.25) is 0 Å². The standard InChI is InChI=1S/C10H14N4O3/c1-6-2-3-7(4-11)9(16)14(6)5-8(15)13-10(12)17/h2-3H,4-5,11H2,1H3,(H3,12,13,15,17). The molecule has 0 aliphatic rings. The minimum absolute atomic E-state index is 0.0938. The van der Waals surface area contributed by atoms with Gasteiger partial charge in [0.05, 0.1) is 0 Å². The SMILES string of the molecule is Cc1ccc(CN)c(=O)n1CC(=O)NC(N)=O. The predicted molar refractivity (Wildman–Crippen MR) is 61.1 cm³/mol. The number of hydrogen-bond acceptors (Lipinski definition) is 4. The molecule has 0 aliphatic heterocycles. The normalized spacial score (nSPS) is 10.0. The summed E-state index contributed by atoms with van der Waals surface area (Å²) in [5, 5.41) is 1.89. The van der Waals surface area contributed by atoms with E-state index in [2.05, 4.69) is 0 Å². The van der Waals surface area contributed by atoms with Gasteiger partial charge < -0.3 is 16.0 Å². The molecule has 92 valence electrons. The zero-order chi connectivity index (χ0) is 13.0. The van der Waals surface area contributed by atoms with Gasteiger partial charge in [-0.2, -0.15) is 0 Å². The number of nitrogens with zero attached hydrogens (tertiary/aromatic N) is 1. The monoisotopic (exact) mass is 238 g/mol. The Morgan fingerprint density at radius 3 is 2.59 bits per heavy atom. The number of primary amides is 1. The van der Waals surface area contributed by atoms with Gasteiger partial charge in [-0.25, -0.2) is 4.79 Å². The number of rotatable bonds is 3. The number of urea groups is 1. The lowest BCUT2D eigenvalue weighted by molar-refractivity contribution is -0.120. The zero-order valence-corrected chi connectivity index (χ0v) is 9.40. The number of nitrogens with one attached hydrogen (secondary N) is 1. The Balaban J connectivity index is 3.02. The van der Waals surface area contributed by atoms with Crippen LogP contribution in [0.3, 0.4) is 0 Å². The molecule has 0 spiro atoms. The third-order valence-electron chi connectivity index (χ3n) is 2.26. The van der Waals surface area contributed by atoms with Gasteiger partial charge in [-0.1, -0.05) is 6.07 Å². The second-order valence-electron chi connectivity index (χ2n) is 3.51. The molecule has 7 heteroatoms. The Kier molecular flexibility index (Phi) is 4.00. The molecule has 7 nitrogen and oxygen atoms in total. The number of aromatic nitrogens is 1. The Hall–Kier alpha value is -2.15. The molecule has 1 heterocycles. The highest BCUT2D eigenvalue weighted by Gasteiger charge is 2.10. The summed E-state index contributed by atoms with van der Waals surface area (Å²) in [5.41, 5.74) is 10.9. The molecule has 5 N–H and O–H groups in total. The Morgan fingerprint density at radius 2 is 2.06 bits per heavy atom. The number of nitrogens with two attached hydrogens (primary N) is 2. The second-order valence-corrected chi connectivity index (χ2v) is 3.51. The van der Waals surface area contributed by atoms with Crippen molar-refractivity contribution >= 4 is 11.9 Å². The summed E-state index contributed by atoms with van der Waals surface area (Å²) in [6.45, 7) is 1.51. The van der Waals surface area contributed by atoms with Gasteiger partial charge in [0, 0.05) is 17.8 Å². The first kappa shape index (κ1) is 12.9. The van der Waals surface area contributed by atoms with Gasteiger partial charge in [-0.05, 0) is 13.0 Å². The summed E-state index contributed by atoms with van der Waals surface area (Å²) in [7, 11) is 0. The van der Waals surface area contributed by atoms with Crippen LogP contribution in [0, 0.1) is 6.92 Å². The van der Waals surface area contributed by atoms with Gasteiger partial charge >= 0.3 is 6.03 Å². The van der Waals surface area contributed by atoms with E-state index in [9.17, 15) is 14.4 Å². The van der Waals surface area contributed by atoms with Crippen molar-refractivity contribution in [2.24, 2.45) is 11.5 Å². The fourth-order valence-corrected chi connectivity index (χ4v) is 1.39. The summed E-state index contributed by atoms with van der Waals surface area (Å²) >= 11 is 0. The lowest BCUT2D eigenvalue weighted by Crippen LogP contribution is -2.40. The van der Waals surface area contributed by atoms with E-state index in [0.717, 1.165) is 0 Å². The third-order valence-corrected chi connectivity index (χ3v) is 2.26. The molecular formula is C10H14N4O3. The first-order chi connectivity index (χ1) is 7.95. The molecule has 1 aromatic heterocycles. The van der Waals surface area contributed by atoms with Gasteiger partial charge in [0.1, 0.15) is 6.54 Å². The maximum Gasteiger partial charge on any atom is 0.318 e. The van der Waals surface area contributed by atoms with Crippen molar-refractivity contribution < 1.29 is 9.59 Å². The van der Waals surface area contributed by atoms with Crippen molar-refractivity contribution in [1.82, 2.24) is 9.88 Å². The molecule has 3 amide bonds. The molecule has 0 bridgehead atoms. The molecule has 0 radical (unpaired) electrons.